The monoisotopic (exact) mass is 348 g/mol. The Bertz CT molecular complexity index is 963. The van der Waals surface area contributed by atoms with Gasteiger partial charge in [0.05, 0.1) is 5.52 Å². The molecule has 4 rings (SSSR count). The normalized spacial score (nSPS) is 14.6. The molecule has 6 nitrogen and oxygen atoms in total. The topological polar surface area (TPSA) is 78.1 Å². The van der Waals surface area contributed by atoms with Crippen LogP contribution in [-0.4, -0.2) is 28.6 Å². The maximum atomic E-state index is 12.5. The van der Waals surface area contributed by atoms with Gasteiger partial charge in [-0.05, 0) is 36.6 Å². The van der Waals surface area contributed by atoms with Crippen molar-refractivity contribution in [3.05, 3.63) is 59.8 Å². The number of nitrogens with zero attached hydrogens (tertiary/aromatic N) is 2. The molecule has 1 fully saturated rings. The van der Waals surface area contributed by atoms with Crippen molar-refractivity contribution in [2.45, 2.75) is 25.8 Å². The third-order valence-electron chi connectivity index (χ3n) is 4.68. The Hall–Kier alpha value is -3.15. The predicted octanol–water partition coefficient (Wildman–Crippen LogP) is 3.01. The Balaban J connectivity index is 1.47. The standard InChI is InChI=1S/C20H20N4O2/c25-18-10-3-4-11-24(18)15-7-5-6-14(12-15)13-21-20(26)19-16-8-1-2-9-17(16)22-23-19/h1-2,5-9,12H,3-4,10-11,13H2,(H,21,26)(H,22,23). The van der Waals surface area contributed by atoms with E-state index >= 15 is 0 Å². The minimum Gasteiger partial charge on any atom is -0.347 e. The lowest BCUT2D eigenvalue weighted by Gasteiger charge is -2.27. The molecular weight excluding hydrogens is 328 g/mol. The molecule has 2 aromatic carbocycles. The van der Waals surface area contributed by atoms with E-state index in [2.05, 4.69) is 15.5 Å². The predicted molar refractivity (Wildman–Crippen MR) is 99.9 cm³/mol. The molecule has 0 radical (unpaired) electrons. The number of rotatable bonds is 4. The van der Waals surface area contributed by atoms with Crippen LogP contribution in [0, 0.1) is 0 Å². The molecule has 1 aliphatic rings. The van der Waals surface area contributed by atoms with Crippen molar-refractivity contribution in [1.82, 2.24) is 15.5 Å². The van der Waals surface area contributed by atoms with Crippen LogP contribution in [0.1, 0.15) is 35.3 Å². The van der Waals surface area contributed by atoms with E-state index in [1.807, 2.05) is 53.4 Å². The van der Waals surface area contributed by atoms with Crippen molar-refractivity contribution in [2.75, 3.05) is 11.4 Å². The summed E-state index contributed by atoms with van der Waals surface area (Å²) in [5, 5.41) is 10.7. The quantitative estimate of drug-likeness (QED) is 0.761. The van der Waals surface area contributed by atoms with Crippen LogP contribution in [0.25, 0.3) is 10.9 Å². The summed E-state index contributed by atoms with van der Waals surface area (Å²) in [6.07, 6.45) is 2.59. The van der Waals surface area contributed by atoms with Gasteiger partial charge in [0.2, 0.25) is 5.91 Å². The van der Waals surface area contributed by atoms with Crippen molar-refractivity contribution in [2.24, 2.45) is 0 Å². The van der Waals surface area contributed by atoms with E-state index in [1.165, 1.54) is 0 Å². The highest BCUT2D eigenvalue weighted by molar-refractivity contribution is 6.04. The average Bonchev–Trinajstić information content (AvgIpc) is 3.11. The molecule has 26 heavy (non-hydrogen) atoms. The minimum atomic E-state index is -0.220. The van der Waals surface area contributed by atoms with Gasteiger partial charge in [-0.2, -0.15) is 5.10 Å². The number of carbonyl (C=O) groups is 2. The van der Waals surface area contributed by atoms with E-state index in [0.717, 1.165) is 41.5 Å². The molecule has 0 spiro atoms. The van der Waals surface area contributed by atoms with Gasteiger partial charge in [0.25, 0.3) is 5.91 Å². The number of benzene rings is 2. The highest BCUT2D eigenvalue weighted by atomic mass is 16.2. The third kappa shape index (κ3) is 3.18. The number of anilines is 1. The van der Waals surface area contributed by atoms with Crippen LogP contribution in [0.15, 0.2) is 48.5 Å². The van der Waals surface area contributed by atoms with Crippen molar-refractivity contribution in [3.63, 3.8) is 0 Å². The molecule has 2 amide bonds. The number of fused-ring (bicyclic) bond motifs is 1. The average molecular weight is 348 g/mol. The summed E-state index contributed by atoms with van der Waals surface area (Å²) in [5.74, 6) is -0.0534. The second kappa shape index (κ2) is 7.00. The SMILES string of the molecule is O=C(NCc1cccc(N2CCCCC2=O)c1)c1n[nH]c2ccccc12. The van der Waals surface area contributed by atoms with Crippen LogP contribution in [0.5, 0.6) is 0 Å². The number of aromatic nitrogens is 2. The zero-order valence-corrected chi connectivity index (χ0v) is 14.4. The molecule has 1 aromatic heterocycles. The molecule has 6 heteroatoms. The van der Waals surface area contributed by atoms with Crippen LogP contribution in [0.4, 0.5) is 5.69 Å². The molecule has 2 heterocycles. The van der Waals surface area contributed by atoms with Crippen LogP contribution in [-0.2, 0) is 11.3 Å². The Morgan fingerprint density at radius 3 is 2.92 bits per heavy atom. The molecule has 0 unspecified atom stereocenters. The number of aromatic amines is 1. The van der Waals surface area contributed by atoms with Crippen molar-refractivity contribution in [3.8, 4) is 0 Å². The fourth-order valence-electron chi connectivity index (χ4n) is 3.32. The van der Waals surface area contributed by atoms with Gasteiger partial charge < -0.3 is 10.2 Å². The molecule has 132 valence electrons. The van der Waals surface area contributed by atoms with E-state index in [-0.39, 0.29) is 11.8 Å². The number of nitrogens with one attached hydrogen (secondary N) is 2. The zero-order valence-electron chi connectivity index (χ0n) is 14.4. The van der Waals surface area contributed by atoms with Crippen LogP contribution >= 0.6 is 0 Å². The van der Waals surface area contributed by atoms with Gasteiger partial charge in [-0.25, -0.2) is 0 Å². The van der Waals surface area contributed by atoms with Gasteiger partial charge in [0, 0.05) is 30.6 Å². The van der Waals surface area contributed by atoms with Gasteiger partial charge in [-0.3, -0.25) is 14.7 Å². The first-order valence-electron chi connectivity index (χ1n) is 8.83. The van der Waals surface area contributed by atoms with Gasteiger partial charge in [-0.1, -0.05) is 30.3 Å². The molecule has 0 atom stereocenters. The highest BCUT2D eigenvalue weighted by Gasteiger charge is 2.20. The van der Waals surface area contributed by atoms with E-state index in [9.17, 15) is 9.59 Å². The lowest BCUT2D eigenvalue weighted by Crippen LogP contribution is -2.35. The minimum absolute atomic E-state index is 0.167. The zero-order chi connectivity index (χ0) is 17.9. The highest BCUT2D eigenvalue weighted by Crippen LogP contribution is 2.22. The summed E-state index contributed by atoms with van der Waals surface area (Å²) < 4.78 is 0. The fraction of sp³-hybridized carbons (Fsp3) is 0.250. The molecule has 3 aromatic rings. The first kappa shape index (κ1) is 16.3. The van der Waals surface area contributed by atoms with E-state index < -0.39 is 0 Å². The van der Waals surface area contributed by atoms with Crippen LogP contribution < -0.4 is 10.2 Å². The van der Waals surface area contributed by atoms with Crippen molar-refractivity contribution in [1.29, 1.82) is 0 Å². The van der Waals surface area contributed by atoms with Gasteiger partial charge in [0.15, 0.2) is 5.69 Å². The molecule has 0 saturated carbocycles. The number of piperidine rings is 1. The fourth-order valence-corrected chi connectivity index (χ4v) is 3.32. The lowest BCUT2D eigenvalue weighted by atomic mass is 10.1. The molecular formula is C20H20N4O2. The van der Waals surface area contributed by atoms with Crippen molar-refractivity contribution >= 4 is 28.4 Å². The van der Waals surface area contributed by atoms with Crippen molar-refractivity contribution < 1.29 is 9.59 Å². The molecule has 2 N–H and O–H groups in total. The summed E-state index contributed by atoms with van der Waals surface area (Å²) >= 11 is 0. The Kier molecular flexibility index (Phi) is 4.39. The summed E-state index contributed by atoms with van der Waals surface area (Å²) in [6, 6.07) is 15.3. The number of carbonyl (C=O) groups excluding carboxylic acids is 2. The van der Waals surface area contributed by atoms with E-state index in [4.69, 9.17) is 0 Å². The number of para-hydroxylation sites is 1. The Labute approximate surface area is 151 Å². The number of H-pyrrole nitrogens is 1. The van der Waals surface area contributed by atoms with E-state index in [1.54, 1.807) is 0 Å². The maximum absolute atomic E-state index is 12.5. The first-order chi connectivity index (χ1) is 12.7. The van der Waals surface area contributed by atoms with Gasteiger partial charge in [-0.15, -0.1) is 0 Å². The summed E-state index contributed by atoms with van der Waals surface area (Å²) in [7, 11) is 0. The van der Waals surface area contributed by atoms with Crippen LogP contribution in [0.2, 0.25) is 0 Å². The summed E-state index contributed by atoms with van der Waals surface area (Å²) in [6.45, 7) is 1.14. The molecule has 1 aliphatic heterocycles. The first-order valence-corrected chi connectivity index (χ1v) is 8.83. The third-order valence-corrected chi connectivity index (χ3v) is 4.68. The maximum Gasteiger partial charge on any atom is 0.272 e. The lowest BCUT2D eigenvalue weighted by molar-refractivity contribution is -0.119. The second-order valence-electron chi connectivity index (χ2n) is 6.47. The second-order valence-corrected chi connectivity index (χ2v) is 6.47. The van der Waals surface area contributed by atoms with E-state index in [0.29, 0.717) is 18.7 Å². The molecule has 0 aliphatic carbocycles. The van der Waals surface area contributed by atoms with Crippen LogP contribution in [0.3, 0.4) is 0 Å². The Morgan fingerprint density at radius 1 is 1.15 bits per heavy atom. The largest absolute Gasteiger partial charge is 0.347 e. The summed E-state index contributed by atoms with van der Waals surface area (Å²) in [4.78, 5) is 26.4. The number of hydrogen-bond acceptors (Lipinski definition) is 3. The number of amides is 2. The van der Waals surface area contributed by atoms with Gasteiger partial charge >= 0.3 is 0 Å². The smallest absolute Gasteiger partial charge is 0.272 e. The van der Waals surface area contributed by atoms with Gasteiger partial charge in [0.1, 0.15) is 0 Å². The Morgan fingerprint density at radius 2 is 2.04 bits per heavy atom. The number of hydrogen-bond donors (Lipinski definition) is 2. The summed E-state index contributed by atoms with van der Waals surface area (Å²) in [5.41, 5.74) is 3.08. The molecule has 1 saturated heterocycles. The molecule has 0 bridgehead atoms.